The van der Waals surface area contributed by atoms with E-state index < -0.39 is 18.3 Å². The highest BCUT2D eigenvalue weighted by Gasteiger charge is 2.48. The van der Waals surface area contributed by atoms with Crippen LogP contribution < -0.4 is 27.1 Å². The van der Waals surface area contributed by atoms with Crippen LogP contribution in [-0.2, 0) is 9.59 Å². The number of hydrazine groups is 1. The molecule has 6 unspecified atom stereocenters. The van der Waals surface area contributed by atoms with E-state index in [2.05, 4.69) is 21.4 Å². The molecule has 4 rings (SSSR count). The molecule has 0 bridgehead atoms. The molecule has 4 heterocycles. The topological polar surface area (TPSA) is 115 Å². The van der Waals surface area contributed by atoms with Crippen molar-refractivity contribution < 1.29 is 14.0 Å². The third kappa shape index (κ3) is 4.41. The zero-order chi connectivity index (χ0) is 20.5. The van der Waals surface area contributed by atoms with Crippen molar-refractivity contribution in [2.24, 2.45) is 23.5 Å². The molecule has 0 aliphatic carbocycles. The molecule has 9 nitrogen and oxygen atoms in total. The van der Waals surface area contributed by atoms with Crippen LogP contribution in [-0.4, -0.2) is 85.5 Å². The molecule has 0 aromatic heterocycles. The van der Waals surface area contributed by atoms with Crippen molar-refractivity contribution in [2.45, 2.75) is 50.7 Å². The maximum Gasteiger partial charge on any atom is 0.229 e. The maximum absolute atomic E-state index is 13.7. The van der Waals surface area contributed by atoms with Gasteiger partial charge in [-0.05, 0) is 37.6 Å². The van der Waals surface area contributed by atoms with Crippen LogP contribution in [0.3, 0.4) is 0 Å². The highest BCUT2D eigenvalue weighted by molar-refractivity contribution is 5.80. The lowest BCUT2D eigenvalue weighted by atomic mass is 9.76. The molecule has 6 atom stereocenters. The minimum Gasteiger partial charge on any atom is -0.351 e. The van der Waals surface area contributed by atoms with Crippen molar-refractivity contribution in [1.29, 1.82) is 0 Å². The molecule has 2 amide bonds. The first-order valence-electron chi connectivity index (χ1n) is 10.9. The Morgan fingerprint density at radius 3 is 2.66 bits per heavy atom. The molecule has 10 heteroatoms. The minimum atomic E-state index is -0.972. The predicted octanol–water partition coefficient (Wildman–Crippen LogP) is -1.67. The number of fused-ring (bicyclic) bond motifs is 1. The van der Waals surface area contributed by atoms with Crippen LogP contribution >= 0.6 is 0 Å². The molecule has 0 aromatic carbocycles. The zero-order valence-electron chi connectivity index (χ0n) is 17.1. The highest BCUT2D eigenvalue weighted by Crippen LogP contribution is 2.32. The van der Waals surface area contributed by atoms with Gasteiger partial charge >= 0.3 is 0 Å². The van der Waals surface area contributed by atoms with Crippen LogP contribution in [0, 0.1) is 17.8 Å². The molecule has 0 aromatic rings. The number of hydrogen-bond acceptors (Lipinski definition) is 7. The van der Waals surface area contributed by atoms with E-state index in [0.29, 0.717) is 11.8 Å². The first-order chi connectivity index (χ1) is 13.9. The number of likely N-dealkylation sites (tertiary alicyclic amines) is 1. The molecule has 0 saturated carbocycles. The fraction of sp³-hybridized carbons (Fsp3) is 0.895. The van der Waals surface area contributed by atoms with E-state index in [1.165, 1.54) is 0 Å². The second-order valence-corrected chi connectivity index (χ2v) is 8.90. The standard InChI is InChI=1S/C19H34FN7O2/c1-11(28)26-6-3-12(4-7-26)14-2-5-22-9-15(14)24-19(29)16-17(21)25-27-10-13(20)8-23-18(16)27/h12-18,22-23,25H,2-10,21H2,1H3,(H,24,29). The SMILES string of the molecule is CC(=O)N1CCC(C2CCNCC2NC(=O)C2C(N)NN3CC(F)CNC23)CC1. The van der Waals surface area contributed by atoms with Crippen LogP contribution in [0.5, 0.6) is 0 Å². The smallest absolute Gasteiger partial charge is 0.229 e. The van der Waals surface area contributed by atoms with E-state index in [0.717, 1.165) is 45.4 Å². The second-order valence-electron chi connectivity index (χ2n) is 8.90. The fourth-order valence-electron chi connectivity index (χ4n) is 5.50. The molecule has 0 spiro atoms. The number of nitrogens with two attached hydrogens (primary N) is 1. The van der Waals surface area contributed by atoms with Gasteiger partial charge in [0.2, 0.25) is 11.8 Å². The van der Waals surface area contributed by atoms with E-state index in [4.69, 9.17) is 5.73 Å². The summed E-state index contributed by atoms with van der Waals surface area (Å²) >= 11 is 0. The van der Waals surface area contributed by atoms with Gasteiger partial charge in [-0.2, -0.15) is 0 Å². The van der Waals surface area contributed by atoms with Gasteiger partial charge in [-0.15, -0.1) is 0 Å². The van der Waals surface area contributed by atoms with Gasteiger partial charge in [0, 0.05) is 45.7 Å². The van der Waals surface area contributed by atoms with E-state index >= 15 is 0 Å². The summed E-state index contributed by atoms with van der Waals surface area (Å²) in [6.07, 6.45) is 1.19. The van der Waals surface area contributed by atoms with Crippen LogP contribution in [0.2, 0.25) is 0 Å². The van der Waals surface area contributed by atoms with Gasteiger partial charge < -0.3 is 21.3 Å². The number of halogens is 1. The Bertz CT molecular complexity index is 615. The molecule has 4 saturated heterocycles. The zero-order valence-corrected chi connectivity index (χ0v) is 17.1. The number of hydrogen-bond donors (Lipinski definition) is 5. The third-order valence-corrected chi connectivity index (χ3v) is 7.08. The summed E-state index contributed by atoms with van der Waals surface area (Å²) in [5.74, 6) is 0.490. The Morgan fingerprint density at radius 1 is 1.17 bits per heavy atom. The summed E-state index contributed by atoms with van der Waals surface area (Å²) in [7, 11) is 0. The summed E-state index contributed by atoms with van der Waals surface area (Å²) < 4.78 is 13.7. The van der Waals surface area contributed by atoms with Crippen molar-refractivity contribution in [1.82, 2.24) is 31.3 Å². The fourth-order valence-corrected chi connectivity index (χ4v) is 5.50. The number of amides is 2. The van der Waals surface area contributed by atoms with Crippen LogP contribution in [0.15, 0.2) is 0 Å². The number of carbonyl (C=O) groups excluding carboxylic acids is 2. The molecule has 29 heavy (non-hydrogen) atoms. The number of carbonyl (C=O) groups is 2. The van der Waals surface area contributed by atoms with Gasteiger partial charge in [0.25, 0.3) is 0 Å². The average Bonchev–Trinajstić information content (AvgIpc) is 3.03. The van der Waals surface area contributed by atoms with Crippen molar-refractivity contribution in [3.8, 4) is 0 Å². The normalized spacial score (nSPS) is 39.2. The third-order valence-electron chi connectivity index (χ3n) is 7.08. The number of alkyl halides is 1. The van der Waals surface area contributed by atoms with Gasteiger partial charge in [0.15, 0.2) is 0 Å². The van der Waals surface area contributed by atoms with Gasteiger partial charge in [-0.1, -0.05) is 0 Å². The van der Waals surface area contributed by atoms with Gasteiger partial charge in [-0.25, -0.2) is 14.8 Å². The lowest BCUT2D eigenvalue weighted by molar-refractivity contribution is -0.130. The molecular formula is C19H34FN7O2. The van der Waals surface area contributed by atoms with Crippen molar-refractivity contribution in [2.75, 3.05) is 39.3 Å². The van der Waals surface area contributed by atoms with Crippen molar-refractivity contribution >= 4 is 11.8 Å². The van der Waals surface area contributed by atoms with Crippen molar-refractivity contribution in [3.05, 3.63) is 0 Å². The molecule has 4 fully saturated rings. The largest absolute Gasteiger partial charge is 0.351 e. The van der Waals surface area contributed by atoms with E-state index in [1.807, 2.05) is 4.90 Å². The predicted molar refractivity (Wildman–Crippen MR) is 106 cm³/mol. The summed E-state index contributed by atoms with van der Waals surface area (Å²) in [6, 6.07) is 0.0453. The molecule has 4 aliphatic rings. The Hall–Kier alpha value is -1.33. The summed E-state index contributed by atoms with van der Waals surface area (Å²) in [4.78, 5) is 26.7. The Morgan fingerprint density at radius 2 is 1.93 bits per heavy atom. The van der Waals surface area contributed by atoms with Crippen molar-refractivity contribution in [3.63, 3.8) is 0 Å². The number of rotatable bonds is 3. The molecule has 164 valence electrons. The maximum atomic E-state index is 13.7. The second kappa shape index (κ2) is 8.81. The van der Waals surface area contributed by atoms with Crippen LogP contribution in [0.1, 0.15) is 26.2 Å². The van der Waals surface area contributed by atoms with Gasteiger partial charge in [-0.3, -0.25) is 14.9 Å². The monoisotopic (exact) mass is 411 g/mol. The quantitative estimate of drug-likeness (QED) is 0.377. The Balaban J connectivity index is 1.38. The van der Waals surface area contributed by atoms with E-state index in [-0.39, 0.29) is 37.1 Å². The summed E-state index contributed by atoms with van der Waals surface area (Å²) in [5.41, 5.74) is 9.22. The first kappa shape index (κ1) is 20.9. The lowest BCUT2D eigenvalue weighted by Crippen LogP contribution is -2.61. The average molecular weight is 412 g/mol. The number of piperidine rings is 2. The molecule has 0 radical (unpaired) electrons. The highest BCUT2D eigenvalue weighted by atomic mass is 19.1. The van der Waals surface area contributed by atoms with Gasteiger partial charge in [0.1, 0.15) is 6.17 Å². The molecule has 4 aliphatic heterocycles. The summed E-state index contributed by atoms with van der Waals surface area (Å²) in [6.45, 7) is 5.39. The Kier molecular flexibility index (Phi) is 6.35. The first-order valence-corrected chi connectivity index (χ1v) is 10.9. The molecule has 6 N–H and O–H groups in total. The van der Waals surface area contributed by atoms with Crippen LogP contribution in [0.25, 0.3) is 0 Å². The minimum absolute atomic E-state index is 0.0453. The number of nitrogens with one attached hydrogen (secondary N) is 4. The van der Waals surface area contributed by atoms with Crippen LogP contribution in [0.4, 0.5) is 4.39 Å². The molecular weight excluding hydrogens is 377 g/mol. The Labute approximate surface area is 171 Å². The lowest BCUT2D eigenvalue weighted by Gasteiger charge is -2.42. The number of nitrogens with zero attached hydrogens (tertiary/aromatic N) is 2. The van der Waals surface area contributed by atoms with Gasteiger partial charge in [0.05, 0.1) is 18.2 Å². The summed E-state index contributed by atoms with van der Waals surface area (Å²) in [5, 5.41) is 11.5. The van der Waals surface area contributed by atoms with E-state index in [1.54, 1.807) is 11.9 Å². The van der Waals surface area contributed by atoms with E-state index in [9.17, 15) is 14.0 Å².